The molecule has 0 aliphatic carbocycles. The number of carbonyl (C=O) groups is 2. The fraction of sp³-hybridized carbons (Fsp3) is 0.611. The highest BCUT2D eigenvalue weighted by molar-refractivity contribution is 5.95. The third-order valence-electron chi connectivity index (χ3n) is 5.23. The van der Waals surface area contributed by atoms with Crippen LogP contribution >= 0.6 is 0 Å². The van der Waals surface area contributed by atoms with Crippen LogP contribution < -0.4 is 5.56 Å². The summed E-state index contributed by atoms with van der Waals surface area (Å²) in [5.41, 5.74) is 0.442. The van der Waals surface area contributed by atoms with Crippen molar-refractivity contribution in [3.8, 4) is 0 Å². The quantitative estimate of drug-likeness (QED) is 0.915. The highest BCUT2D eigenvalue weighted by Gasteiger charge is 2.42. The standard InChI is InChI=1S/C18H26N2O4/c1-5-18(17(23)24)8-7-9-19(11-18)15(21)14-12(3)10-13(4)20(6-2)16(14)22/h10H,5-9,11H2,1-4H3,(H,23,24). The molecule has 1 aliphatic rings. The number of carboxylic acids is 1. The number of nitrogens with zero attached hydrogens (tertiary/aromatic N) is 2. The molecule has 1 saturated heterocycles. The monoisotopic (exact) mass is 334 g/mol. The van der Waals surface area contributed by atoms with E-state index in [0.29, 0.717) is 37.9 Å². The predicted octanol–water partition coefficient (Wildman–Crippen LogP) is 2.20. The van der Waals surface area contributed by atoms with E-state index in [9.17, 15) is 19.5 Å². The van der Waals surface area contributed by atoms with E-state index < -0.39 is 11.4 Å². The second-order valence-electron chi connectivity index (χ2n) is 6.66. The van der Waals surface area contributed by atoms with Crippen molar-refractivity contribution in [2.45, 2.75) is 53.5 Å². The summed E-state index contributed by atoms with van der Waals surface area (Å²) in [7, 11) is 0. The maximum atomic E-state index is 13.0. The molecule has 1 fully saturated rings. The molecule has 0 aromatic carbocycles. The second-order valence-corrected chi connectivity index (χ2v) is 6.66. The van der Waals surface area contributed by atoms with Gasteiger partial charge >= 0.3 is 5.97 Å². The van der Waals surface area contributed by atoms with Crippen molar-refractivity contribution in [1.82, 2.24) is 9.47 Å². The van der Waals surface area contributed by atoms with Crippen molar-refractivity contribution >= 4 is 11.9 Å². The van der Waals surface area contributed by atoms with Gasteiger partial charge in [0.1, 0.15) is 5.56 Å². The van der Waals surface area contributed by atoms with Gasteiger partial charge in [-0.1, -0.05) is 6.92 Å². The number of hydrogen-bond donors (Lipinski definition) is 1. The predicted molar refractivity (Wildman–Crippen MR) is 91.3 cm³/mol. The van der Waals surface area contributed by atoms with E-state index >= 15 is 0 Å². The second kappa shape index (κ2) is 6.79. The number of piperidine rings is 1. The Morgan fingerprint density at radius 1 is 1.29 bits per heavy atom. The SMILES string of the molecule is CCn1c(C)cc(C)c(C(=O)N2CCCC(CC)(C(=O)O)C2)c1=O. The van der Waals surface area contributed by atoms with Crippen LogP contribution in [0.2, 0.25) is 0 Å². The fourth-order valence-corrected chi connectivity index (χ4v) is 3.66. The molecule has 1 amide bonds. The van der Waals surface area contributed by atoms with Gasteiger partial charge in [-0.3, -0.25) is 14.4 Å². The van der Waals surface area contributed by atoms with E-state index in [1.54, 1.807) is 16.4 Å². The summed E-state index contributed by atoms with van der Waals surface area (Å²) in [6.45, 7) is 8.46. The Balaban J connectivity index is 2.43. The molecule has 6 nitrogen and oxygen atoms in total. The minimum atomic E-state index is -0.906. The van der Waals surface area contributed by atoms with Crippen molar-refractivity contribution in [2.75, 3.05) is 13.1 Å². The first kappa shape index (κ1) is 18.2. The molecular formula is C18H26N2O4. The number of carbonyl (C=O) groups excluding carboxylic acids is 1. The first-order valence-electron chi connectivity index (χ1n) is 8.51. The lowest BCUT2D eigenvalue weighted by atomic mass is 9.77. The first-order chi connectivity index (χ1) is 11.3. The van der Waals surface area contributed by atoms with Crippen molar-refractivity contribution in [1.29, 1.82) is 0 Å². The molecule has 1 N–H and O–H groups in total. The Morgan fingerprint density at radius 2 is 1.96 bits per heavy atom. The average molecular weight is 334 g/mol. The van der Waals surface area contributed by atoms with Crippen molar-refractivity contribution in [2.24, 2.45) is 5.41 Å². The number of aryl methyl sites for hydroxylation is 2. The van der Waals surface area contributed by atoms with Gasteiger partial charge in [-0.15, -0.1) is 0 Å². The lowest BCUT2D eigenvalue weighted by molar-refractivity contribution is -0.152. The summed E-state index contributed by atoms with van der Waals surface area (Å²) >= 11 is 0. The van der Waals surface area contributed by atoms with E-state index in [4.69, 9.17) is 0 Å². The van der Waals surface area contributed by atoms with Gasteiger partial charge in [-0.25, -0.2) is 0 Å². The summed E-state index contributed by atoms with van der Waals surface area (Å²) < 4.78 is 1.58. The molecule has 1 aliphatic heterocycles. The van der Waals surface area contributed by atoms with Crippen LogP contribution in [-0.2, 0) is 11.3 Å². The molecule has 0 radical (unpaired) electrons. The van der Waals surface area contributed by atoms with E-state index in [1.807, 2.05) is 26.8 Å². The number of likely N-dealkylation sites (tertiary alicyclic amines) is 1. The number of aliphatic carboxylic acids is 1. The maximum Gasteiger partial charge on any atom is 0.311 e. The van der Waals surface area contributed by atoms with Crippen molar-refractivity contribution in [3.63, 3.8) is 0 Å². The average Bonchev–Trinajstić information content (AvgIpc) is 2.54. The van der Waals surface area contributed by atoms with Crippen LogP contribution in [0.4, 0.5) is 0 Å². The topological polar surface area (TPSA) is 79.6 Å². The van der Waals surface area contributed by atoms with Crippen LogP contribution in [0.25, 0.3) is 0 Å². The minimum Gasteiger partial charge on any atom is -0.481 e. The molecule has 6 heteroatoms. The van der Waals surface area contributed by atoms with Crippen molar-refractivity contribution in [3.05, 3.63) is 33.2 Å². The lowest BCUT2D eigenvalue weighted by Crippen LogP contribution is -2.50. The molecule has 1 unspecified atom stereocenters. The highest BCUT2D eigenvalue weighted by atomic mass is 16.4. The van der Waals surface area contributed by atoms with Crippen molar-refractivity contribution < 1.29 is 14.7 Å². The number of pyridine rings is 1. The van der Waals surface area contributed by atoms with Crippen LogP contribution in [-0.4, -0.2) is 39.5 Å². The Morgan fingerprint density at radius 3 is 2.50 bits per heavy atom. The number of hydrogen-bond acceptors (Lipinski definition) is 3. The third-order valence-corrected chi connectivity index (χ3v) is 5.23. The van der Waals surface area contributed by atoms with Gasteiger partial charge in [-0.2, -0.15) is 0 Å². The Labute approximate surface area is 142 Å². The Hall–Kier alpha value is -2.11. The van der Waals surface area contributed by atoms with Gasteiger partial charge in [-0.05, 0) is 51.7 Å². The molecular weight excluding hydrogens is 308 g/mol. The fourth-order valence-electron chi connectivity index (χ4n) is 3.66. The van der Waals surface area contributed by atoms with Gasteiger partial charge in [0.05, 0.1) is 5.41 Å². The van der Waals surface area contributed by atoms with E-state index in [1.165, 1.54) is 0 Å². The molecule has 2 rings (SSSR count). The summed E-state index contributed by atoms with van der Waals surface area (Å²) in [6.07, 6.45) is 1.67. The summed E-state index contributed by atoms with van der Waals surface area (Å²) in [6, 6.07) is 1.84. The molecule has 24 heavy (non-hydrogen) atoms. The third kappa shape index (κ3) is 2.97. The number of aromatic nitrogens is 1. The summed E-state index contributed by atoms with van der Waals surface area (Å²) in [4.78, 5) is 38.9. The smallest absolute Gasteiger partial charge is 0.311 e. The van der Waals surface area contributed by atoms with Gasteiger partial charge in [0.25, 0.3) is 11.5 Å². The van der Waals surface area contributed by atoms with Crippen LogP contribution in [0.1, 0.15) is 54.7 Å². The van der Waals surface area contributed by atoms with E-state index in [2.05, 4.69) is 0 Å². The molecule has 2 heterocycles. The zero-order valence-corrected chi connectivity index (χ0v) is 14.9. The number of rotatable bonds is 4. The zero-order valence-electron chi connectivity index (χ0n) is 14.9. The van der Waals surface area contributed by atoms with E-state index in [-0.39, 0.29) is 23.6 Å². The first-order valence-corrected chi connectivity index (χ1v) is 8.51. The molecule has 0 spiro atoms. The Kier molecular flexibility index (Phi) is 5.16. The van der Waals surface area contributed by atoms with E-state index in [0.717, 1.165) is 5.69 Å². The van der Waals surface area contributed by atoms with Gasteiger partial charge < -0.3 is 14.6 Å². The Bertz CT molecular complexity index is 722. The molecule has 1 atom stereocenters. The van der Waals surface area contributed by atoms with Crippen LogP contribution in [0.5, 0.6) is 0 Å². The van der Waals surface area contributed by atoms with Crippen LogP contribution in [0.3, 0.4) is 0 Å². The van der Waals surface area contributed by atoms with Gasteiger partial charge in [0.2, 0.25) is 0 Å². The highest BCUT2D eigenvalue weighted by Crippen LogP contribution is 2.34. The molecule has 132 valence electrons. The largest absolute Gasteiger partial charge is 0.481 e. The molecule has 1 aromatic rings. The maximum absolute atomic E-state index is 13.0. The van der Waals surface area contributed by atoms with Crippen LogP contribution in [0.15, 0.2) is 10.9 Å². The number of carboxylic acid groups (broad SMARTS) is 1. The van der Waals surface area contributed by atoms with Crippen LogP contribution in [0, 0.1) is 19.3 Å². The summed E-state index contributed by atoms with van der Waals surface area (Å²) in [5.74, 6) is -1.22. The summed E-state index contributed by atoms with van der Waals surface area (Å²) in [5, 5.41) is 9.58. The normalized spacial score (nSPS) is 20.9. The lowest BCUT2D eigenvalue weighted by Gasteiger charge is -2.39. The molecule has 0 saturated carbocycles. The van der Waals surface area contributed by atoms with Gasteiger partial charge in [0, 0.05) is 25.3 Å². The minimum absolute atomic E-state index is 0.163. The zero-order chi connectivity index (χ0) is 18.1. The number of amides is 1. The molecule has 1 aromatic heterocycles. The molecule has 0 bridgehead atoms. The van der Waals surface area contributed by atoms with Gasteiger partial charge in [0.15, 0.2) is 0 Å².